The maximum atomic E-state index is 12.8. The quantitative estimate of drug-likeness (QED) is 0.921. The second kappa shape index (κ2) is 6.34. The van der Waals surface area contributed by atoms with E-state index in [1.807, 2.05) is 53.7 Å². The van der Waals surface area contributed by atoms with Gasteiger partial charge in [-0.15, -0.1) is 0 Å². The molecular formula is C16H25N5O. The molecule has 2 aromatic rings. The molecule has 22 heavy (non-hydrogen) atoms. The lowest BCUT2D eigenvalue weighted by Crippen LogP contribution is -2.42. The number of carbonyl (C=O) groups is 1. The van der Waals surface area contributed by atoms with Gasteiger partial charge in [0.2, 0.25) is 6.17 Å². The van der Waals surface area contributed by atoms with Crippen molar-refractivity contribution in [2.75, 3.05) is 0 Å². The molecule has 6 heteroatoms. The van der Waals surface area contributed by atoms with Crippen LogP contribution in [0.15, 0.2) is 12.1 Å². The van der Waals surface area contributed by atoms with Crippen LogP contribution in [-0.2, 0) is 4.79 Å². The van der Waals surface area contributed by atoms with Gasteiger partial charge in [0, 0.05) is 17.4 Å². The largest absolute Gasteiger partial charge is 0.350 e. The van der Waals surface area contributed by atoms with Crippen LogP contribution in [0.25, 0.3) is 0 Å². The standard InChI is InChI=1S/C16H25N5O/c1-7-10(2)17-15(22)16(20-13(5)8-11(3)18-20)21-14(6)9-12(4)19-21/h8-10,16H,7H2,1-6H3,(H,17,22). The monoisotopic (exact) mass is 303 g/mol. The summed E-state index contributed by atoms with van der Waals surface area (Å²) in [5.41, 5.74) is 3.66. The molecule has 2 heterocycles. The molecule has 0 fully saturated rings. The first-order valence-corrected chi connectivity index (χ1v) is 7.69. The smallest absolute Gasteiger partial charge is 0.267 e. The van der Waals surface area contributed by atoms with Crippen LogP contribution in [-0.4, -0.2) is 31.5 Å². The van der Waals surface area contributed by atoms with Gasteiger partial charge >= 0.3 is 0 Å². The van der Waals surface area contributed by atoms with E-state index in [9.17, 15) is 4.79 Å². The van der Waals surface area contributed by atoms with Crippen molar-refractivity contribution in [3.8, 4) is 0 Å². The van der Waals surface area contributed by atoms with Gasteiger partial charge in [0.25, 0.3) is 5.91 Å². The summed E-state index contributed by atoms with van der Waals surface area (Å²) in [6.07, 6.45) is 0.281. The van der Waals surface area contributed by atoms with E-state index in [4.69, 9.17) is 0 Å². The van der Waals surface area contributed by atoms with Gasteiger partial charge in [0.1, 0.15) is 0 Å². The van der Waals surface area contributed by atoms with Crippen molar-refractivity contribution in [2.24, 2.45) is 0 Å². The van der Waals surface area contributed by atoms with E-state index in [1.165, 1.54) is 0 Å². The van der Waals surface area contributed by atoms with Crippen LogP contribution in [0, 0.1) is 27.7 Å². The molecule has 0 bridgehead atoms. The van der Waals surface area contributed by atoms with Crippen molar-refractivity contribution in [2.45, 2.75) is 60.2 Å². The molecule has 0 aliphatic rings. The molecule has 2 rings (SSSR count). The maximum Gasteiger partial charge on any atom is 0.267 e. The minimum Gasteiger partial charge on any atom is -0.350 e. The van der Waals surface area contributed by atoms with Crippen molar-refractivity contribution < 1.29 is 4.79 Å². The summed E-state index contributed by atoms with van der Waals surface area (Å²) in [5.74, 6) is -0.0910. The summed E-state index contributed by atoms with van der Waals surface area (Å²) in [6.45, 7) is 11.8. The van der Waals surface area contributed by atoms with Crippen LogP contribution in [0.4, 0.5) is 0 Å². The average molecular weight is 303 g/mol. The molecule has 0 aliphatic carbocycles. The highest BCUT2D eigenvalue weighted by atomic mass is 16.2. The maximum absolute atomic E-state index is 12.8. The molecule has 0 aromatic carbocycles. The van der Waals surface area contributed by atoms with Gasteiger partial charge in [-0.3, -0.25) is 4.79 Å². The Morgan fingerprint density at radius 3 is 1.86 bits per heavy atom. The highest BCUT2D eigenvalue weighted by molar-refractivity contribution is 5.80. The lowest BCUT2D eigenvalue weighted by atomic mass is 10.2. The summed E-state index contributed by atoms with van der Waals surface area (Å²) in [4.78, 5) is 12.8. The van der Waals surface area contributed by atoms with Gasteiger partial charge in [0.15, 0.2) is 0 Å². The number of carbonyl (C=O) groups excluding carboxylic acids is 1. The summed E-state index contributed by atoms with van der Waals surface area (Å²) in [5, 5.41) is 12.0. The van der Waals surface area contributed by atoms with Crippen molar-refractivity contribution >= 4 is 5.91 Å². The Kier molecular flexibility index (Phi) is 4.68. The Morgan fingerprint density at radius 2 is 1.55 bits per heavy atom. The van der Waals surface area contributed by atoms with Crippen molar-refractivity contribution in [3.63, 3.8) is 0 Å². The van der Waals surface area contributed by atoms with Gasteiger partial charge in [0.05, 0.1) is 11.4 Å². The fraction of sp³-hybridized carbons (Fsp3) is 0.562. The van der Waals surface area contributed by atoms with Gasteiger partial charge < -0.3 is 5.32 Å². The van der Waals surface area contributed by atoms with Crippen LogP contribution in [0.2, 0.25) is 0 Å². The topological polar surface area (TPSA) is 64.7 Å². The summed E-state index contributed by atoms with van der Waals surface area (Å²) < 4.78 is 3.49. The first-order chi connectivity index (χ1) is 10.3. The molecule has 1 N–H and O–H groups in total. The lowest BCUT2D eigenvalue weighted by Gasteiger charge is -2.22. The molecule has 1 unspecified atom stereocenters. The average Bonchev–Trinajstić information content (AvgIpc) is 2.92. The molecule has 120 valence electrons. The van der Waals surface area contributed by atoms with Crippen LogP contribution >= 0.6 is 0 Å². The Balaban J connectivity index is 2.47. The minimum atomic E-state index is -0.601. The highest BCUT2D eigenvalue weighted by Crippen LogP contribution is 2.17. The first-order valence-electron chi connectivity index (χ1n) is 7.69. The zero-order valence-corrected chi connectivity index (χ0v) is 14.2. The molecule has 0 saturated carbocycles. The number of rotatable bonds is 5. The van der Waals surface area contributed by atoms with E-state index in [2.05, 4.69) is 15.5 Å². The first kappa shape index (κ1) is 16.3. The molecular weight excluding hydrogens is 278 g/mol. The zero-order chi connectivity index (χ0) is 16.4. The number of hydrogen-bond donors (Lipinski definition) is 1. The van der Waals surface area contributed by atoms with Gasteiger partial charge in [-0.25, -0.2) is 9.36 Å². The van der Waals surface area contributed by atoms with Crippen molar-refractivity contribution in [3.05, 3.63) is 34.9 Å². The predicted octanol–water partition coefficient (Wildman–Crippen LogP) is 2.27. The van der Waals surface area contributed by atoms with E-state index in [0.29, 0.717) is 0 Å². The Morgan fingerprint density at radius 1 is 1.09 bits per heavy atom. The Bertz CT molecular complexity index is 624. The Labute approximate surface area is 131 Å². The second-order valence-electron chi connectivity index (χ2n) is 5.93. The number of nitrogens with one attached hydrogen (secondary N) is 1. The van der Waals surface area contributed by atoms with Crippen molar-refractivity contribution in [1.82, 2.24) is 24.9 Å². The van der Waals surface area contributed by atoms with Crippen LogP contribution in [0.3, 0.4) is 0 Å². The van der Waals surface area contributed by atoms with E-state index in [1.54, 1.807) is 9.36 Å². The van der Waals surface area contributed by atoms with Crippen LogP contribution in [0.5, 0.6) is 0 Å². The fourth-order valence-corrected chi connectivity index (χ4v) is 2.53. The third-order valence-electron chi connectivity index (χ3n) is 3.79. The fourth-order valence-electron chi connectivity index (χ4n) is 2.53. The predicted molar refractivity (Wildman–Crippen MR) is 85.7 cm³/mol. The van der Waals surface area contributed by atoms with Crippen LogP contribution < -0.4 is 5.32 Å². The van der Waals surface area contributed by atoms with Crippen molar-refractivity contribution in [1.29, 1.82) is 0 Å². The molecule has 0 aliphatic heterocycles. The van der Waals surface area contributed by atoms with E-state index in [-0.39, 0.29) is 11.9 Å². The van der Waals surface area contributed by atoms with Crippen LogP contribution in [0.1, 0.15) is 49.2 Å². The summed E-state index contributed by atoms with van der Waals surface area (Å²) >= 11 is 0. The normalized spacial score (nSPS) is 12.7. The van der Waals surface area contributed by atoms with Gasteiger partial charge in [-0.1, -0.05) is 6.92 Å². The third kappa shape index (κ3) is 3.21. The molecule has 0 saturated heterocycles. The molecule has 6 nitrogen and oxygen atoms in total. The second-order valence-corrected chi connectivity index (χ2v) is 5.93. The number of aryl methyl sites for hydroxylation is 4. The van der Waals surface area contributed by atoms with Gasteiger partial charge in [-0.05, 0) is 53.2 Å². The molecule has 2 aromatic heterocycles. The number of nitrogens with zero attached hydrogens (tertiary/aromatic N) is 4. The summed E-state index contributed by atoms with van der Waals surface area (Å²) in [6, 6.07) is 4.05. The van der Waals surface area contributed by atoms with E-state index in [0.717, 1.165) is 29.2 Å². The van der Waals surface area contributed by atoms with Gasteiger partial charge in [-0.2, -0.15) is 10.2 Å². The summed E-state index contributed by atoms with van der Waals surface area (Å²) in [7, 11) is 0. The minimum absolute atomic E-state index is 0.0910. The molecule has 0 spiro atoms. The number of amides is 1. The molecule has 1 amide bonds. The lowest BCUT2D eigenvalue weighted by molar-refractivity contribution is -0.126. The molecule has 1 atom stereocenters. The Hall–Kier alpha value is -2.11. The SMILES string of the molecule is CCC(C)NC(=O)C(n1nc(C)cc1C)n1nc(C)cc1C. The molecule has 0 radical (unpaired) electrons. The highest BCUT2D eigenvalue weighted by Gasteiger charge is 2.27. The zero-order valence-electron chi connectivity index (χ0n) is 14.2. The number of hydrogen-bond acceptors (Lipinski definition) is 3. The number of aromatic nitrogens is 4. The van der Waals surface area contributed by atoms with E-state index >= 15 is 0 Å². The van der Waals surface area contributed by atoms with E-state index < -0.39 is 6.17 Å². The third-order valence-corrected chi connectivity index (χ3v) is 3.79.